The van der Waals surface area contributed by atoms with Crippen molar-refractivity contribution in [2.75, 3.05) is 26.8 Å². The average Bonchev–Trinajstić information content (AvgIpc) is 2.22. The fourth-order valence-electron chi connectivity index (χ4n) is 1.26. The van der Waals surface area contributed by atoms with Crippen LogP contribution in [0.25, 0.3) is 0 Å². The number of Topliss-reactive ketones (excluding diaryl/α,β-unsaturated/α-hetero) is 1. The maximum absolute atomic E-state index is 11.3. The van der Waals surface area contributed by atoms with Crippen molar-refractivity contribution in [3.63, 3.8) is 0 Å². The first kappa shape index (κ1) is 13.6. The molecule has 0 aromatic heterocycles. The van der Waals surface area contributed by atoms with E-state index >= 15 is 0 Å². The Morgan fingerprint density at radius 1 is 1.43 bits per heavy atom. The summed E-state index contributed by atoms with van der Waals surface area (Å²) < 4.78 is 5.03. The van der Waals surface area contributed by atoms with Crippen LogP contribution in [-0.4, -0.2) is 43.5 Å². The number of carbonyl (C=O) groups is 1. The van der Waals surface area contributed by atoms with Gasteiger partial charge >= 0.3 is 0 Å². The van der Waals surface area contributed by atoms with E-state index in [1.54, 1.807) is 7.11 Å². The zero-order valence-electron chi connectivity index (χ0n) is 9.88. The van der Waals surface area contributed by atoms with Crippen LogP contribution in [0.4, 0.5) is 0 Å². The minimum absolute atomic E-state index is 0.307. The molecule has 0 aliphatic heterocycles. The quantitative estimate of drug-likeness (QED) is 0.599. The van der Waals surface area contributed by atoms with Crippen LogP contribution in [-0.2, 0) is 9.53 Å². The molecule has 84 valence electrons. The second kappa shape index (κ2) is 7.94. The zero-order chi connectivity index (χ0) is 11.0. The number of hydrogen-bond acceptors (Lipinski definition) is 3. The molecule has 14 heavy (non-hydrogen) atoms. The molecule has 0 fully saturated rings. The van der Waals surface area contributed by atoms with Crippen LogP contribution in [0.1, 0.15) is 33.6 Å². The van der Waals surface area contributed by atoms with Gasteiger partial charge in [-0.05, 0) is 13.3 Å². The van der Waals surface area contributed by atoms with Gasteiger partial charge in [0.05, 0.1) is 13.2 Å². The topological polar surface area (TPSA) is 29.5 Å². The first-order valence-electron chi connectivity index (χ1n) is 5.40. The third-order valence-electron chi connectivity index (χ3n) is 2.57. The van der Waals surface area contributed by atoms with E-state index in [1.807, 2.05) is 6.92 Å². The summed E-state index contributed by atoms with van der Waals surface area (Å²) in [4.78, 5) is 13.5. The van der Waals surface area contributed by atoms with Crippen molar-refractivity contribution in [1.29, 1.82) is 0 Å². The van der Waals surface area contributed by atoms with Gasteiger partial charge in [0, 0.05) is 26.1 Å². The maximum Gasteiger partial charge on any atom is 0.146 e. The van der Waals surface area contributed by atoms with Gasteiger partial charge in [0.1, 0.15) is 5.78 Å². The molecule has 0 bridgehead atoms. The highest BCUT2D eigenvalue weighted by molar-refractivity contribution is 5.80. The van der Waals surface area contributed by atoms with Crippen molar-refractivity contribution in [2.45, 2.75) is 39.7 Å². The van der Waals surface area contributed by atoms with Crippen LogP contribution in [0, 0.1) is 0 Å². The number of carbonyl (C=O) groups excluding carboxylic acids is 1. The Balaban J connectivity index is 4.02. The highest BCUT2D eigenvalue weighted by Crippen LogP contribution is 2.03. The van der Waals surface area contributed by atoms with Gasteiger partial charge in [0.25, 0.3) is 0 Å². The van der Waals surface area contributed by atoms with E-state index in [9.17, 15) is 4.79 Å². The molecule has 3 heteroatoms. The highest BCUT2D eigenvalue weighted by Gasteiger charge is 2.14. The normalized spacial score (nSPS) is 13.2. The van der Waals surface area contributed by atoms with Gasteiger partial charge in [0.2, 0.25) is 0 Å². The Kier molecular flexibility index (Phi) is 7.71. The molecule has 3 nitrogen and oxygen atoms in total. The Labute approximate surface area is 87.4 Å². The number of hydrogen-bond donors (Lipinski definition) is 0. The molecule has 0 aromatic carbocycles. The van der Waals surface area contributed by atoms with Crippen LogP contribution in [0.2, 0.25) is 0 Å². The molecule has 0 aliphatic carbocycles. The van der Waals surface area contributed by atoms with Gasteiger partial charge in [-0.2, -0.15) is 0 Å². The molecule has 0 radical (unpaired) electrons. The molecule has 0 rings (SSSR count). The Morgan fingerprint density at radius 2 is 2.07 bits per heavy atom. The third-order valence-corrected chi connectivity index (χ3v) is 2.57. The molecular weight excluding hydrogens is 178 g/mol. The number of methoxy groups -OCH3 is 1. The van der Waals surface area contributed by atoms with E-state index in [1.165, 1.54) is 0 Å². The highest BCUT2D eigenvalue weighted by atomic mass is 16.5. The van der Waals surface area contributed by atoms with E-state index in [2.05, 4.69) is 18.7 Å². The maximum atomic E-state index is 11.3. The van der Waals surface area contributed by atoms with Gasteiger partial charge in [-0.1, -0.05) is 13.8 Å². The monoisotopic (exact) mass is 201 g/mol. The van der Waals surface area contributed by atoms with Crippen LogP contribution in [0.3, 0.4) is 0 Å². The van der Waals surface area contributed by atoms with E-state index in [4.69, 9.17) is 4.74 Å². The van der Waals surface area contributed by atoms with Gasteiger partial charge in [-0.25, -0.2) is 0 Å². The first-order chi connectivity index (χ1) is 6.65. The van der Waals surface area contributed by atoms with Crippen LogP contribution < -0.4 is 0 Å². The SMILES string of the molecule is CCC(=O)CN(CCOC)C(C)CC. The van der Waals surface area contributed by atoms with Crippen molar-refractivity contribution < 1.29 is 9.53 Å². The summed E-state index contributed by atoms with van der Waals surface area (Å²) in [5.74, 6) is 0.307. The van der Waals surface area contributed by atoms with Crippen molar-refractivity contribution in [2.24, 2.45) is 0 Å². The molecule has 0 spiro atoms. The third kappa shape index (κ3) is 5.35. The fraction of sp³-hybridized carbons (Fsp3) is 0.909. The van der Waals surface area contributed by atoms with Crippen molar-refractivity contribution in [3.05, 3.63) is 0 Å². The van der Waals surface area contributed by atoms with Gasteiger partial charge in [-0.15, -0.1) is 0 Å². The van der Waals surface area contributed by atoms with E-state index in [-0.39, 0.29) is 0 Å². The second-order valence-electron chi connectivity index (χ2n) is 3.61. The Bertz CT molecular complexity index is 159. The minimum Gasteiger partial charge on any atom is -0.383 e. The average molecular weight is 201 g/mol. The van der Waals surface area contributed by atoms with E-state index in [0.29, 0.717) is 31.4 Å². The molecule has 0 N–H and O–H groups in total. The van der Waals surface area contributed by atoms with Crippen molar-refractivity contribution >= 4 is 5.78 Å². The van der Waals surface area contributed by atoms with Gasteiger partial charge in [-0.3, -0.25) is 9.69 Å². The molecule has 0 heterocycles. The summed E-state index contributed by atoms with van der Waals surface area (Å²) in [5.41, 5.74) is 0. The molecule has 0 saturated heterocycles. The lowest BCUT2D eigenvalue weighted by Gasteiger charge is -2.27. The zero-order valence-corrected chi connectivity index (χ0v) is 9.88. The largest absolute Gasteiger partial charge is 0.383 e. The lowest BCUT2D eigenvalue weighted by molar-refractivity contribution is -0.120. The number of nitrogens with zero attached hydrogens (tertiary/aromatic N) is 1. The lowest BCUT2D eigenvalue weighted by Crippen LogP contribution is -2.39. The van der Waals surface area contributed by atoms with Crippen molar-refractivity contribution in [1.82, 2.24) is 4.90 Å². The molecule has 0 saturated carbocycles. The van der Waals surface area contributed by atoms with E-state index < -0.39 is 0 Å². The predicted molar refractivity (Wildman–Crippen MR) is 58.5 cm³/mol. The molecule has 1 unspecified atom stereocenters. The molecular formula is C11H23NO2. The van der Waals surface area contributed by atoms with Crippen molar-refractivity contribution in [3.8, 4) is 0 Å². The van der Waals surface area contributed by atoms with Gasteiger partial charge in [0.15, 0.2) is 0 Å². The summed E-state index contributed by atoms with van der Waals surface area (Å²) in [6.45, 7) is 8.31. The minimum atomic E-state index is 0.307. The number of rotatable bonds is 8. The first-order valence-corrected chi connectivity index (χ1v) is 5.40. The summed E-state index contributed by atoms with van der Waals surface area (Å²) in [6.07, 6.45) is 1.70. The van der Waals surface area contributed by atoms with Gasteiger partial charge < -0.3 is 4.74 Å². The van der Waals surface area contributed by atoms with Crippen LogP contribution >= 0.6 is 0 Å². The molecule has 0 aliphatic rings. The number of ether oxygens (including phenoxy) is 1. The summed E-state index contributed by atoms with van der Waals surface area (Å²) in [5, 5.41) is 0. The smallest absolute Gasteiger partial charge is 0.146 e. The summed E-state index contributed by atoms with van der Waals surface area (Å²) in [6, 6.07) is 0.459. The molecule has 1 atom stereocenters. The van der Waals surface area contributed by atoms with E-state index in [0.717, 1.165) is 13.0 Å². The summed E-state index contributed by atoms with van der Waals surface area (Å²) in [7, 11) is 1.69. The molecule has 0 aromatic rings. The van der Waals surface area contributed by atoms with Crippen LogP contribution in [0.15, 0.2) is 0 Å². The standard InChI is InChI=1S/C11H23NO2/c1-5-10(3)12(7-8-14-4)9-11(13)6-2/h10H,5-9H2,1-4H3. The predicted octanol–water partition coefficient (Wildman–Crippen LogP) is 1.71. The Hall–Kier alpha value is -0.410. The number of ketones is 1. The molecule has 0 amide bonds. The second-order valence-corrected chi connectivity index (χ2v) is 3.61. The summed E-state index contributed by atoms with van der Waals surface area (Å²) >= 11 is 0. The Morgan fingerprint density at radius 3 is 2.50 bits per heavy atom. The fourth-order valence-corrected chi connectivity index (χ4v) is 1.26. The van der Waals surface area contributed by atoms with Crippen LogP contribution in [0.5, 0.6) is 0 Å². The lowest BCUT2D eigenvalue weighted by atomic mass is 10.2.